The quantitative estimate of drug-likeness (QED) is 0.532. The molecule has 27 heavy (non-hydrogen) atoms. The highest BCUT2D eigenvalue weighted by Gasteiger charge is 2.14. The van der Waals surface area contributed by atoms with Crippen LogP contribution >= 0.6 is 15.9 Å². The summed E-state index contributed by atoms with van der Waals surface area (Å²) in [6, 6.07) is 11.2. The van der Waals surface area contributed by atoms with Crippen LogP contribution < -0.4 is 14.8 Å². The van der Waals surface area contributed by atoms with Crippen molar-refractivity contribution in [2.45, 2.75) is 40.3 Å². The molecular formula is C21H26BrNO4. The molecule has 0 aromatic heterocycles. The predicted octanol–water partition coefficient (Wildman–Crippen LogP) is 5.42. The molecule has 0 saturated carbocycles. The van der Waals surface area contributed by atoms with Crippen LogP contribution in [0.15, 0.2) is 40.9 Å². The molecule has 0 radical (unpaired) electrons. The third-order valence-corrected chi connectivity index (χ3v) is 4.20. The maximum atomic E-state index is 11.7. The van der Waals surface area contributed by atoms with Crippen LogP contribution in [0.1, 0.15) is 43.6 Å². The lowest BCUT2D eigenvalue weighted by Gasteiger charge is -2.18. The van der Waals surface area contributed by atoms with Gasteiger partial charge in [-0.1, -0.05) is 0 Å². The van der Waals surface area contributed by atoms with Crippen molar-refractivity contribution < 1.29 is 19.0 Å². The van der Waals surface area contributed by atoms with Gasteiger partial charge in [0.25, 0.3) is 0 Å². The molecule has 5 nitrogen and oxygen atoms in total. The van der Waals surface area contributed by atoms with Gasteiger partial charge in [-0.25, -0.2) is 4.79 Å². The van der Waals surface area contributed by atoms with Crippen molar-refractivity contribution in [1.29, 1.82) is 0 Å². The van der Waals surface area contributed by atoms with E-state index >= 15 is 0 Å². The van der Waals surface area contributed by atoms with E-state index in [0.29, 0.717) is 25.3 Å². The lowest BCUT2D eigenvalue weighted by atomic mass is 10.1. The first-order valence-corrected chi connectivity index (χ1v) is 9.86. The van der Waals surface area contributed by atoms with E-state index in [1.807, 2.05) is 45.0 Å². The molecule has 1 N–H and O–H groups in total. The highest BCUT2D eigenvalue weighted by molar-refractivity contribution is 9.10. The first-order chi connectivity index (χ1) is 12.9. The molecule has 0 atom stereocenters. The highest BCUT2D eigenvalue weighted by atomic mass is 79.9. The fraction of sp³-hybridized carbons (Fsp3) is 0.381. The molecule has 6 heteroatoms. The minimum absolute atomic E-state index is 0.0578. The van der Waals surface area contributed by atoms with E-state index in [2.05, 4.69) is 21.2 Å². The molecule has 0 bridgehead atoms. The average molecular weight is 436 g/mol. The summed E-state index contributed by atoms with van der Waals surface area (Å²) in [6.07, 6.45) is 0.0578. The Balaban J connectivity index is 2.09. The molecule has 0 saturated heterocycles. The van der Waals surface area contributed by atoms with Crippen LogP contribution in [0.4, 0.5) is 5.69 Å². The number of hydrogen-bond acceptors (Lipinski definition) is 5. The van der Waals surface area contributed by atoms with Gasteiger partial charge in [0, 0.05) is 12.2 Å². The van der Waals surface area contributed by atoms with E-state index in [0.717, 1.165) is 27.2 Å². The number of rotatable bonds is 9. The van der Waals surface area contributed by atoms with Crippen molar-refractivity contribution in [3.63, 3.8) is 0 Å². The number of esters is 1. The zero-order valence-electron chi connectivity index (χ0n) is 16.2. The molecule has 2 aromatic rings. The van der Waals surface area contributed by atoms with Crippen LogP contribution in [-0.4, -0.2) is 25.3 Å². The maximum Gasteiger partial charge on any atom is 0.338 e. The SMILES string of the molecule is CCOC(=O)c1ccc(NCc2cc(Br)c(OC(C)C)c(OCC)c2)cc1. The third kappa shape index (κ3) is 6.17. The standard InChI is InChI=1S/C21H26BrNO4/c1-5-25-19-12-15(11-18(22)20(19)27-14(3)4)13-23-17-9-7-16(8-10-17)21(24)26-6-2/h7-12,14,23H,5-6,13H2,1-4H3. The number of nitrogens with one attached hydrogen (secondary N) is 1. The molecule has 0 amide bonds. The first-order valence-electron chi connectivity index (χ1n) is 9.07. The van der Waals surface area contributed by atoms with E-state index in [9.17, 15) is 4.79 Å². The molecular weight excluding hydrogens is 410 g/mol. The second-order valence-corrected chi connectivity index (χ2v) is 7.01. The Morgan fingerprint density at radius 3 is 2.41 bits per heavy atom. The summed E-state index contributed by atoms with van der Waals surface area (Å²) in [6.45, 7) is 9.25. The Morgan fingerprint density at radius 2 is 1.81 bits per heavy atom. The largest absolute Gasteiger partial charge is 0.490 e. The molecule has 0 spiro atoms. The molecule has 146 valence electrons. The predicted molar refractivity (Wildman–Crippen MR) is 111 cm³/mol. The first kappa shape index (κ1) is 21.1. The zero-order chi connectivity index (χ0) is 19.8. The van der Waals surface area contributed by atoms with E-state index in [1.54, 1.807) is 19.1 Å². The number of carbonyl (C=O) groups is 1. The molecule has 2 aromatic carbocycles. The van der Waals surface area contributed by atoms with Gasteiger partial charge in [-0.3, -0.25) is 0 Å². The summed E-state index contributed by atoms with van der Waals surface area (Å²) < 4.78 is 17.5. The lowest BCUT2D eigenvalue weighted by Crippen LogP contribution is -2.09. The second-order valence-electron chi connectivity index (χ2n) is 6.16. The van der Waals surface area contributed by atoms with Gasteiger partial charge in [0.1, 0.15) is 0 Å². The van der Waals surface area contributed by atoms with Gasteiger partial charge in [-0.05, 0) is 85.6 Å². The average Bonchev–Trinajstić information content (AvgIpc) is 2.63. The number of ether oxygens (including phenoxy) is 3. The monoisotopic (exact) mass is 435 g/mol. The van der Waals surface area contributed by atoms with Crippen LogP contribution in [0.2, 0.25) is 0 Å². The summed E-state index contributed by atoms with van der Waals surface area (Å²) in [5, 5.41) is 3.35. The van der Waals surface area contributed by atoms with Crippen molar-refractivity contribution in [3.05, 3.63) is 52.0 Å². The topological polar surface area (TPSA) is 56.8 Å². The fourth-order valence-electron chi connectivity index (χ4n) is 2.48. The lowest BCUT2D eigenvalue weighted by molar-refractivity contribution is 0.0526. The third-order valence-electron chi connectivity index (χ3n) is 3.62. The highest BCUT2D eigenvalue weighted by Crippen LogP contribution is 2.37. The molecule has 0 aliphatic carbocycles. The number of hydrogen-bond donors (Lipinski definition) is 1. The molecule has 0 unspecified atom stereocenters. The summed E-state index contributed by atoms with van der Waals surface area (Å²) >= 11 is 3.58. The molecule has 0 aliphatic heterocycles. The maximum absolute atomic E-state index is 11.7. The van der Waals surface area contributed by atoms with E-state index < -0.39 is 0 Å². The van der Waals surface area contributed by atoms with Crippen LogP contribution in [0.3, 0.4) is 0 Å². The van der Waals surface area contributed by atoms with E-state index in [-0.39, 0.29) is 12.1 Å². The second kappa shape index (κ2) is 10.2. The van der Waals surface area contributed by atoms with Gasteiger partial charge < -0.3 is 19.5 Å². The number of anilines is 1. The van der Waals surface area contributed by atoms with Crippen molar-refractivity contribution in [2.75, 3.05) is 18.5 Å². The van der Waals surface area contributed by atoms with Crippen LogP contribution in [0.25, 0.3) is 0 Å². The Bertz CT molecular complexity index is 760. The minimum Gasteiger partial charge on any atom is -0.490 e. The van der Waals surface area contributed by atoms with Crippen LogP contribution in [0, 0.1) is 0 Å². The van der Waals surface area contributed by atoms with Crippen molar-refractivity contribution in [1.82, 2.24) is 0 Å². The smallest absolute Gasteiger partial charge is 0.338 e. The Kier molecular flexibility index (Phi) is 7.98. The normalized spacial score (nSPS) is 10.6. The van der Waals surface area contributed by atoms with Gasteiger partial charge in [-0.2, -0.15) is 0 Å². The fourth-order valence-corrected chi connectivity index (χ4v) is 3.06. The van der Waals surface area contributed by atoms with E-state index in [4.69, 9.17) is 14.2 Å². The van der Waals surface area contributed by atoms with Gasteiger partial charge in [0.15, 0.2) is 11.5 Å². The van der Waals surface area contributed by atoms with Crippen LogP contribution in [0.5, 0.6) is 11.5 Å². The molecule has 0 aliphatic rings. The summed E-state index contributed by atoms with van der Waals surface area (Å²) in [7, 11) is 0. The molecule has 0 heterocycles. The van der Waals surface area contributed by atoms with Crippen molar-refractivity contribution >= 4 is 27.6 Å². The van der Waals surface area contributed by atoms with Gasteiger partial charge in [-0.15, -0.1) is 0 Å². The Morgan fingerprint density at radius 1 is 1.11 bits per heavy atom. The van der Waals surface area contributed by atoms with Crippen LogP contribution in [-0.2, 0) is 11.3 Å². The van der Waals surface area contributed by atoms with Crippen molar-refractivity contribution in [2.24, 2.45) is 0 Å². The summed E-state index contributed by atoms with van der Waals surface area (Å²) in [4.78, 5) is 11.7. The number of carbonyl (C=O) groups excluding carboxylic acids is 1. The number of halogens is 1. The van der Waals surface area contributed by atoms with Gasteiger partial charge >= 0.3 is 5.97 Å². The van der Waals surface area contributed by atoms with Crippen molar-refractivity contribution in [3.8, 4) is 11.5 Å². The van der Waals surface area contributed by atoms with Gasteiger partial charge in [0.2, 0.25) is 0 Å². The Hall–Kier alpha value is -2.21. The minimum atomic E-state index is -0.310. The molecule has 0 fully saturated rings. The zero-order valence-corrected chi connectivity index (χ0v) is 17.8. The summed E-state index contributed by atoms with van der Waals surface area (Å²) in [5.41, 5.74) is 2.51. The summed E-state index contributed by atoms with van der Waals surface area (Å²) in [5.74, 6) is 1.12. The van der Waals surface area contributed by atoms with E-state index in [1.165, 1.54) is 0 Å². The Labute approximate surface area is 169 Å². The van der Waals surface area contributed by atoms with Gasteiger partial charge in [0.05, 0.1) is 29.4 Å². The molecule has 2 rings (SSSR count). The number of benzene rings is 2.